The second kappa shape index (κ2) is 6.06. The van der Waals surface area contributed by atoms with Crippen molar-refractivity contribution in [1.82, 2.24) is 4.90 Å². The molecule has 0 aromatic heterocycles. The van der Waals surface area contributed by atoms with E-state index in [2.05, 4.69) is 18.7 Å². The maximum atomic E-state index is 12.3. The van der Waals surface area contributed by atoms with Crippen LogP contribution in [0.15, 0.2) is 24.3 Å². The van der Waals surface area contributed by atoms with Gasteiger partial charge in [0.05, 0.1) is 12.1 Å². The van der Waals surface area contributed by atoms with Crippen molar-refractivity contribution in [3.05, 3.63) is 35.4 Å². The molecular weight excluding hydrogens is 250 g/mol. The van der Waals surface area contributed by atoms with Gasteiger partial charge in [-0.2, -0.15) is 0 Å². The first-order valence-corrected chi connectivity index (χ1v) is 7.45. The van der Waals surface area contributed by atoms with E-state index in [1.807, 2.05) is 31.2 Å². The molecule has 0 aliphatic carbocycles. The number of hydrogen-bond acceptors (Lipinski definition) is 3. The Labute approximate surface area is 121 Å². The summed E-state index contributed by atoms with van der Waals surface area (Å²) in [6, 6.07) is 7.94. The van der Waals surface area contributed by atoms with E-state index in [9.17, 15) is 9.90 Å². The third-order valence-electron chi connectivity index (χ3n) is 4.20. The first-order chi connectivity index (χ1) is 9.37. The number of ketones is 1. The molecule has 1 saturated heterocycles. The number of aliphatic hydroxyl groups is 1. The second-order valence-corrected chi connectivity index (χ2v) is 6.47. The van der Waals surface area contributed by atoms with E-state index in [4.69, 9.17) is 0 Å². The van der Waals surface area contributed by atoms with Gasteiger partial charge in [0, 0.05) is 18.7 Å². The van der Waals surface area contributed by atoms with E-state index < -0.39 is 5.60 Å². The highest BCUT2D eigenvalue weighted by molar-refractivity contribution is 5.97. The topological polar surface area (TPSA) is 40.5 Å². The Balaban J connectivity index is 1.92. The number of hydrogen-bond donors (Lipinski definition) is 1. The van der Waals surface area contributed by atoms with Crippen LogP contribution < -0.4 is 0 Å². The largest absolute Gasteiger partial charge is 0.390 e. The summed E-state index contributed by atoms with van der Waals surface area (Å²) in [4.78, 5) is 14.4. The maximum absolute atomic E-state index is 12.3. The summed E-state index contributed by atoms with van der Waals surface area (Å²) in [5.74, 6) is 0.658. The van der Waals surface area contributed by atoms with Crippen molar-refractivity contribution in [2.75, 3.05) is 19.6 Å². The lowest BCUT2D eigenvalue weighted by Crippen LogP contribution is -2.44. The molecule has 0 atom stereocenters. The second-order valence-electron chi connectivity index (χ2n) is 6.47. The lowest BCUT2D eigenvalue weighted by atomic mass is 9.93. The van der Waals surface area contributed by atoms with Gasteiger partial charge in [0.25, 0.3) is 0 Å². The van der Waals surface area contributed by atoms with Crippen molar-refractivity contribution in [3.63, 3.8) is 0 Å². The van der Waals surface area contributed by atoms with Crippen molar-refractivity contribution in [1.29, 1.82) is 0 Å². The molecule has 1 fully saturated rings. The Hall–Kier alpha value is -1.19. The van der Waals surface area contributed by atoms with Crippen molar-refractivity contribution in [2.45, 2.75) is 45.1 Å². The van der Waals surface area contributed by atoms with E-state index in [1.165, 1.54) is 5.56 Å². The fourth-order valence-electron chi connectivity index (χ4n) is 2.54. The summed E-state index contributed by atoms with van der Waals surface area (Å²) in [6.07, 6.45) is 1.49. The van der Waals surface area contributed by atoms with Crippen LogP contribution in [0.25, 0.3) is 0 Å². The number of carbonyl (C=O) groups excluding carboxylic acids is 1. The Kier molecular flexibility index (Phi) is 4.61. The maximum Gasteiger partial charge on any atom is 0.176 e. The summed E-state index contributed by atoms with van der Waals surface area (Å²) in [7, 11) is 0. The average Bonchev–Trinajstić information content (AvgIpc) is 2.41. The molecule has 1 heterocycles. The van der Waals surface area contributed by atoms with Crippen LogP contribution in [0.2, 0.25) is 0 Å². The number of rotatable bonds is 4. The monoisotopic (exact) mass is 275 g/mol. The number of benzene rings is 1. The molecule has 0 spiro atoms. The van der Waals surface area contributed by atoms with Crippen LogP contribution >= 0.6 is 0 Å². The normalized spacial score (nSPS) is 19.2. The van der Waals surface area contributed by atoms with Crippen LogP contribution in [-0.2, 0) is 0 Å². The molecule has 0 bridgehead atoms. The molecule has 1 aromatic carbocycles. The smallest absolute Gasteiger partial charge is 0.176 e. The molecule has 1 aliphatic rings. The minimum absolute atomic E-state index is 0.168. The predicted octanol–water partition coefficient (Wildman–Crippen LogP) is 2.84. The SMILES string of the molecule is CC(C)c1ccc(C(=O)CN2CCC(C)(O)CC2)cc1. The first kappa shape index (κ1) is 15.2. The summed E-state index contributed by atoms with van der Waals surface area (Å²) in [5.41, 5.74) is 1.49. The van der Waals surface area contributed by atoms with Crippen LogP contribution in [0.3, 0.4) is 0 Å². The van der Waals surface area contributed by atoms with Crippen LogP contribution in [0.4, 0.5) is 0 Å². The number of piperidine rings is 1. The van der Waals surface area contributed by atoms with E-state index >= 15 is 0 Å². The number of carbonyl (C=O) groups is 1. The minimum atomic E-state index is -0.557. The van der Waals surface area contributed by atoms with E-state index in [1.54, 1.807) is 0 Å². The molecule has 3 nitrogen and oxygen atoms in total. The molecule has 3 heteroatoms. The summed E-state index contributed by atoms with van der Waals surface area (Å²) < 4.78 is 0. The van der Waals surface area contributed by atoms with Gasteiger partial charge in [-0.15, -0.1) is 0 Å². The Morgan fingerprint density at radius 2 is 1.80 bits per heavy atom. The fraction of sp³-hybridized carbons (Fsp3) is 0.588. The van der Waals surface area contributed by atoms with Crippen LogP contribution in [0.1, 0.15) is 55.5 Å². The van der Waals surface area contributed by atoms with Gasteiger partial charge in [-0.25, -0.2) is 0 Å². The van der Waals surface area contributed by atoms with Gasteiger partial charge >= 0.3 is 0 Å². The number of Topliss-reactive ketones (excluding diaryl/α,β-unsaturated/α-hetero) is 1. The van der Waals surface area contributed by atoms with E-state index in [0.29, 0.717) is 12.5 Å². The molecule has 1 N–H and O–H groups in total. The van der Waals surface area contributed by atoms with Gasteiger partial charge in [0.2, 0.25) is 0 Å². The standard InChI is InChI=1S/C17H25NO2/c1-13(2)14-4-6-15(7-5-14)16(19)12-18-10-8-17(3,20)9-11-18/h4-7,13,20H,8-12H2,1-3H3. The van der Waals surface area contributed by atoms with Crippen molar-refractivity contribution in [3.8, 4) is 0 Å². The molecule has 0 amide bonds. The molecule has 0 radical (unpaired) electrons. The third kappa shape index (κ3) is 3.90. The molecule has 1 aromatic rings. The number of nitrogens with zero attached hydrogens (tertiary/aromatic N) is 1. The molecular formula is C17H25NO2. The highest BCUT2D eigenvalue weighted by Gasteiger charge is 2.28. The van der Waals surface area contributed by atoms with Crippen LogP contribution in [0.5, 0.6) is 0 Å². The predicted molar refractivity (Wildman–Crippen MR) is 81.2 cm³/mol. The molecule has 20 heavy (non-hydrogen) atoms. The van der Waals surface area contributed by atoms with Gasteiger partial charge in [-0.3, -0.25) is 9.69 Å². The fourth-order valence-corrected chi connectivity index (χ4v) is 2.54. The summed E-state index contributed by atoms with van der Waals surface area (Å²) in [5, 5.41) is 9.91. The molecule has 2 rings (SSSR count). The first-order valence-electron chi connectivity index (χ1n) is 7.45. The highest BCUT2D eigenvalue weighted by atomic mass is 16.3. The van der Waals surface area contributed by atoms with Gasteiger partial charge in [-0.1, -0.05) is 38.1 Å². The number of likely N-dealkylation sites (tertiary alicyclic amines) is 1. The Morgan fingerprint density at radius 3 is 2.30 bits per heavy atom. The van der Waals surface area contributed by atoms with Crippen molar-refractivity contribution < 1.29 is 9.90 Å². The highest BCUT2D eigenvalue weighted by Crippen LogP contribution is 2.21. The van der Waals surface area contributed by atoms with Gasteiger partial charge < -0.3 is 5.11 Å². The van der Waals surface area contributed by atoms with Crippen molar-refractivity contribution >= 4 is 5.78 Å². The van der Waals surface area contributed by atoms with E-state index in [0.717, 1.165) is 31.5 Å². The Morgan fingerprint density at radius 1 is 1.25 bits per heavy atom. The zero-order chi connectivity index (χ0) is 14.8. The molecule has 0 saturated carbocycles. The van der Waals surface area contributed by atoms with Gasteiger partial charge in [0.1, 0.15) is 0 Å². The van der Waals surface area contributed by atoms with Gasteiger partial charge in [0.15, 0.2) is 5.78 Å². The quantitative estimate of drug-likeness (QED) is 0.859. The van der Waals surface area contributed by atoms with Crippen LogP contribution in [-0.4, -0.2) is 41.0 Å². The van der Waals surface area contributed by atoms with Crippen LogP contribution in [0, 0.1) is 0 Å². The molecule has 0 unspecified atom stereocenters. The lowest BCUT2D eigenvalue weighted by molar-refractivity contribution is -0.00420. The average molecular weight is 275 g/mol. The van der Waals surface area contributed by atoms with E-state index in [-0.39, 0.29) is 5.78 Å². The third-order valence-corrected chi connectivity index (χ3v) is 4.20. The Bertz CT molecular complexity index is 452. The summed E-state index contributed by atoms with van der Waals surface area (Å²) >= 11 is 0. The zero-order valence-electron chi connectivity index (χ0n) is 12.7. The van der Waals surface area contributed by atoms with Gasteiger partial charge in [-0.05, 0) is 31.2 Å². The summed E-state index contributed by atoms with van der Waals surface area (Å²) in [6.45, 7) is 8.21. The lowest BCUT2D eigenvalue weighted by Gasteiger charge is -2.35. The molecule has 110 valence electrons. The van der Waals surface area contributed by atoms with Crippen molar-refractivity contribution in [2.24, 2.45) is 0 Å². The molecule has 1 aliphatic heterocycles. The minimum Gasteiger partial charge on any atom is -0.390 e. The zero-order valence-corrected chi connectivity index (χ0v) is 12.7.